The Morgan fingerprint density at radius 3 is 2.90 bits per heavy atom. The largest absolute Gasteiger partial charge is 0.345 e. The normalized spacial score (nSPS) is 11.0. The van der Waals surface area contributed by atoms with Gasteiger partial charge < -0.3 is 10.4 Å². The summed E-state index contributed by atoms with van der Waals surface area (Å²) in [5.74, 6) is -0.376. The summed E-state index contributed by atoms with van der Waals surface area (Å²) in [6, 6.07) is 4.75. The SMILES string of the molecule is CC/C=C/NNC(=O)c1[nH]c2c([N+](=O)[O-])cccc2c1C. The zero-order valence-corrected chi connectivity index (χ0v) is 11.8. The number of aryl methyl sites for hydroxylation is 1. The Hall–Kier alpha value is -2.83. The Labute approximate surface area is 121 Å². The van der Waals surface area contributed by atoms with Gasteiger partial charge in [-0.15, -0.1) is 0 Å². The highest BCUT2D eigenvalue weighted by Gasteiger charge is 2.20. The van der Waals surface area contributed by atoms with Crippen LogP contribution in [0.3, 0.4) is 0 Å². The van der Waals surface area contributed by atoms with Crippen LogP contribution in [0.5, 0.6) is 0 Å². The minimum atomic E-state index is -0.470. The lowest BCUT2D eigenvalue weighted by Gasteiger charge is -2.03. The van der Waals surface area contributed by atoms with E-state index in [1.165, 1.54) is 6.07 Å². The molecule has 2 aromatic rings. The molecule has 0 aliphatic rings. The van der Waals surface area contributed by atoms with Gasteiger partial charge in [0.2, 0.25) is 0 Å². The number of amides is 1. The van der Waals surface area contributed by atoms with E-state index in [0.29, 0.717) is 22.2 Å². The molecule has 0 aliphatic heterocycles. The molecule has 1 aromatic carbocycles. The summed E-state index contributed by atoms with van der Waals surface area (Å²) < 4.78 is 0. The number of allylic oxidation sites excluding steroid dienone is 1. The zero-order valence-electron chi connectivity index (χ0n) is 11.8. The van der Waals surface area contributed by atoms with Crippen molar-refractivity contribution in [2.24, 2.45) is 0 Å². The van der Waals surface area contributed by atoms with Crippen LogP contribution in [0.1, 0.15) is 29.4 Å². The van der Waals surface area contributed by atoms with Crippen molar-refractivity contribution in [1.82, 2.24) is 15.8 Å². The molecule has 3 N–H and O–H groups in total. The first-order valence-electron chi connectivity index (χ1n) is 6.52. The third-order valence-electron chi connectivity index (χ3n) is 3.12. The minimum absolute atomic E-state index is 0.0477. The summed E-state index contributed by atoms with van der Waals surface area (Å²) in [4.78, 5) is 25.5. The van der Waals surface area contributed by atoms with Crippen LogP contribution in [0.15, 0.2) is 30.5 Å². The van der Waals surface area contributed by atoms with Crippen molar-refractivity contribution in [2.45, 2.75) is 20.3 Å². The van der Waals surface area contributed by atoms with Gasteiger partial charge in [-0.2, -0.15) is 0 Å². The quantitative estimate of drug-likeness (QED) is 0.581. The maximum absolute atomic E-state index is 12.1. The molecular weight excluding hydrogens is 272 g/mol. The van der Waals surface area contributed by atoms with Gasteiger partial charge in [-0.1, -0.05) is 25.1 Å². The molecule has 1 heterocycles. The number of nitrogens with one attached hydrogen (secondary N) is 3. The Bertz CT molecular complexity index is 718. The molecule has 1 aromatic heterocycles. The molecule has 21 heavy (non-hydrogen) atoms. The van der Waals surface area contributed by atoms with Crippen LogP contribution in [-0.4, -0.2) is 15.8 Å². The highest BCUT2D eigenvalue weighted by molar-refractivity contribution is 6.02. The van der Waals surface area contributed by atoms with Crippen molar-refractivity contribution in [2.75, 3.05) is 0 Å². The highest BCUT2D eigenvalue weighted by Crippen LogP contribution is 2.28. The Kier molecular flexibility index (Phi) is 4.22. The molecule has 0 radical (unpaired) electrons. The molecule has 0 saturated heterocycles. The summed E-state index contributed by atoms with van der Waals surface area (Å²) in [7, 11) is 0. The number of carbonyl (C=O) groups excluding carboxylic acids is 1. The topological polar surface area (TPSA) is 100 Å². The number of rotatable bonds is 5. The number of non-ortho nitro benzene ring substituents is 1. The van der Waals surface area contributed by atoms with Gasteiger partial charge in [0.1, 0.15) is 11.2 Å². The first-order valence-corrected chi connectivity index (χ1v) is 6.52. The second kappa shape index (κ2) is 6.08. The number of carbonyl (C=O) groups is 1. The Morgan fingerprint density at radius 1 is 1.48 bits per heavy atom. The number of H-pyrrole nitrogens is 1. The summed E-state index contributed by atoms with van der Waals surface area (Å²) in [6.45, 7) is 3.72. The van der Waals surface area contributed by atoms with Gasteiger partial charge in [-0.3, -0.25) is 20.3 Å². The van der Waals surface area contributed by atoms with Crippen LogP contribution < -0.4 is 10.9 Å². The van der Waals surface area contributed by atoms with Gasteiger partial charge in [0.05, 0.1) is 4.92 Å². The third kappa shape index (κ3) is 2.86. The van der Waals surface area contributed by atoms with Gasteiger partial charge in [0, 0.05) is 17.7 Å². The van der Waals surface area contributed by atoms with Crippen LogP contribution >= 0.6 is 0 Å². The Morgan fingerprint density at radius 2 is 2.24 bits per heavy atom. The summed E-state index contributed by atoms with van der Waals surface area (Å²) in [5.41, 5.74) is 6.45. The van der Waals surface area contributed by atoms with E-state index in [1.807, 2.05) is 13.0 Å². The molecule has 0 bridgehead atoms. The Balaban J connectivity index is 2.35. The molecule has 0 spiro atoms. The van der Waals surface area contributed by atoms with Crippen LogP contribution in [0.25, 0.3) is 10.9 Å². The number of para-hydroxylation sites is 1. The van der Waals surface area contributed by atoms with E-state index in [0.717, 1.165) is 6.42 Å². The molecule has 110 valence electrons. The van der Waals surface area contributed by atoms with E-state index < -0.39 is 4.92 Å². The monoisotopic (exact) mass is 288 g/mol. The molecule has 0 saturated carbocycles. The fraction of sp³-hybridized carbons (Fsp3) is 0.214. The smallest absolute Gasteiger partial charge is 0.293 e. The van der Waals surface area contributed by atoms with Crippen molar-refractivity contribution in [3.05, 3.63) is 51.8 Å². The summed E-state index contributed by atoms with van der Waals surface area (Å²) >= 11 is 0. The zero-order chi connectivity index (χ0) is 15.4. The summed E-state index contributed by atoms with van der Waals surface area (Å²) in [5, 5.41) is 11.7. The number of nitro groups is 1. The maximum Gasteiger partial charge on any atom is 0.293 e. The van der Waals surface area contributed by atoms with E-state index in [4.69, 9.17) is 0 Å². The molecule has 2 rings (SSSR count). The van der Waals surface area contributed by atoms with E-state index in [1.54, 1.807) is 25.3 Å². The van der Waals surface area contributed by atoms with E-state index >= 15 is 0 Å². The van der Waals surface area contributed by atoms with Crippen molar-refractivity contribution in [3.63, 3.8) is 0 Å². The van der Waals surface area contributed by atoms with E-state index in [-0.39, 0.29) is 11.6 Å². The number of aromatic nitrogens is 1. The molecule has 0 aliphatic carbocycles. The number of nitrogens with zero attached hydrogens (tertiary/aromatic N) is 1. The standard InChI is InChI=1S/C14H16N4O3/c1-3-4-8-15-17-14(19)12-9(2)10-6-5-7-11(18(20)21)13(10)16-12/h4-8,15-16H,3H2,1-2H3,(H,17,19)/b8-4+. The molecule has 0 atom stereocenters. The first-order chi connectivity index (χ1) is 10.1. The minimum Gasteiger partial charge on any atom is -0.345 e. The van der Waals surface area contributed by atoms with Crippen molar-refractivity contribution in [3.8, 4) is 0 Å². The predicted molar refractivity (Wildman–Crippen MR) is 79.7 cm³/mol. The second-order valence-corrected chi connectivity index (χ2v) is 4.49. The predicted octanol–water partition coefficient (Wildman–Crippen LogP) is 2.54. The number of hydrazine groups is 1. The molecule has 0 fully saturated rings. The van der Waals surface area contributed by atoms with Gasteiger partial charge >= 0.3 is 0 Å². The number of aromatic amines is 1. The molecular formula is C14H16N4O3. The van der Waals surface area contributed by atoms with Gasteiger partial charge in [-0.05, 0) is 18.9 Å². The number of fused-ring (bicyclic) bond motifs is 1. The molecule has 7 nitrogen and oxygen atoms in total. The average molecular weight is 288 g/mol. The van der Waals surface area contributed by atoms with E-state index in [2.05, 4.69) is 15.8 Å². The highest BCUT2D eigenvalue weighted by atomic mass is 16.6. The third-order valence-corrected chi connectivity index (χ3v) is 3.12. The lowest BCUT2D eigenvalue weighted by molar-refractivity contribution is -0.383. The first kappa shape index (κ1) is 14.6. The van der Waals surface area contributed by atoms with Crippen LogP contribution in [0.2, 0.25) is 0 Å². The second-order valence-electron chi connectivity index (χ2n) is 4.49. The van der Waals surface area contributed by atoms with Crippen molar-refractivity contribution < 1.29 is 9.72 Å². The fourth-order valence-electron chi connectivity index (χ4n) is 2.06. The molecule has 7 heteroatoms. The molecule has 0 unspecified atom stereocenters. The number of nitro benzene ring substituents is 1. The van der Waals surface area contributed by atoms with Gasteiger partial charge in [0.15, 0.2) is 0 Å². The van der Waals surface area contributed by atoms with Gasteiger partial charge in [0.25, 0.3) is 11.6 Å². The lowest BCUT2D eigenvalue weighted by Crippen LogP contribution is -2.34. The van der Waals surface area contributed by atoms with Crippen molar-refractivity contribution >= 4 is 22.5 Å². The number of hydrogen-bond acceptors (Lipinski definition) is 4. The van der Waals surface area contributed by atoms with Crippen molar-refractivity contribution in [1.29, 1.82) is 0 Å². The fourth-order valence-corrected chi connectivity index (χ4v) is 2.06. The molecule has 1 amide bonds. The van der Waals surface area contributed by atoms with Gasteiger partial charge in [-0.25, -0.2) is 0 Å². The van der Waals surface area contributed by atoms with E-state index in [9.17, 15) is 14.9 Å². The van der Waals surface area contributed by atoms with Crippen LogP contribution in [-0.2, 0) is 0 Å². The average Bonchev–Trinajstić information content (AvgIpc) is 2.81. The summed E-state index contributed by atoms with van der Waals surface area (Å²) in [6.07, 6.45) is 4.32. The lowest BCUT2D eigenvalue weighted by atomic mass is 10.1. The number of benzene rings is 1. The van der Waals surface area contributed by atoms with Crippen LogP contribution in [0, 0.1) is 17.0 Å². The maximum atomic E-state index is 12.1. The van der Waals surface area contributed by atoms with Crippen LogP contribution in [0.4, 0.5) is 5.69 Å². The number of hydrogen-bond donors (Lipinski definition) is 3.